The first kappa shape index (κ1) is 13.2. The van der Waals surface area contributed by atoms with Crippen molar-refractivity contribution in [1.29, 1.82) is 0 Å². The number of benzene rings is 1. The molecule has 0 amide bonds. The summed E-state index contributed by atoms with van der Waals surface area (Å²) in [6.07, 6.45) is -0.897. The topological polar surface area (TPSA) is 78.7 Å². The molecule has 1 rings (SSSR count). The average Bonchev–Trinajstić information content (AvgIpc) is 2.27. The first-order valence-electron chi connectivity index (χ1n) is 4.72. The van der Waals surface area contributed by atoms with E-state index in [2.05, 4.69) is 4.74 Å². The van der Waals surface area contributed by atoms with Gasteiger partial charge in [0.25, 0.3) is 5.69 Å². The second-order valence-corrected chi connectivity index (χ2v) is 3.94. The number of nitrogens with zero attached hydrogens (tertiary/aromatic N) is 1. The number of halogens is 1. The second-order valence-electron chi connectivity index (χ2n) is 3.19. The molecule has 0 spiro atoms. The summed E-state index contributed by atoms with van der Waals surface area (Å²) in [4.78, 5) is 20.9. The molecule has 1 atom stereocenters. The van der Waals surface area contributed by atoms with Crippen LogP contribution in [-0.2, 0) is 4.74 Å². The zero-order valence-electron chi connectivity index (χ0n) is 8.96. The van der Waals surface area contributed by atoms with Crippen molar-refractivity contribution < 1.29 is 19.2 Å². The molecule has 0 heterocycles. The highest BCUT2D eigenvalue weighted by Crippen LogP contribution is 2.17. The van der Waals surface area contributed by atoms with Crippen molar-refractivity contribution in [3.05, 3.63) is 34.4 Å². The van der Waals surface area contributed by atoms with Gasteiger partial charge in [0.2, 0.25) is 0 Å². The molecular weight excluding hydrogens is 250 g/mol. The van der Waals surface area contributed by atoms with E-state index in [1.807, 2.05) is 0 Å². The minimum Gasteiger partial charge on any atom is -0.432 e. The highest BCUT2D eigenvalue weighted by atomic mass is 35.5. The molecule has 0 saturated heterocycles. The van der Waals surface area contributed by atoms with Crippen LogP contribution in [0.3, 0.4) is 0 Å². The van der Waals surface area contributed by atoms with Gasteiger partial charge in [-0.2, -0.15) is 0 Å². The maximum Gasteiger partial charge on any atom is 0.513 e. The van der Waals surface area contributed by atoms with Crippen LogP contribution in [0.25, 0.3) is 0 Å². The Morgan fingerprint density at radius 3 is 2.53 bits per heavy atom. The number of hydrogen-bond acceptors (Lipinski definition) is 5. The summed E-state index contributed by atoms with van der Waals surface area (Å²) in [6, 6.07) is 5.08. The molecule has 0 aliphatic heterocycles. The number of non-ortho nitro benzene ring substituents is 1. The normalized spacial score (nSPS) is 11.6. The third-order valence-electron chi connectivity index (χ3n) is 1.68. The molecule has 6 nitrogen and oxygen atoms in total. The number of carbonyl (C=O) groups excluding carboxylic acids is 1. The van der Waals surface area contributed by atoms with E-state index in [0.717, 1.165) is 0 Å². The van der Waals surface area contributed by atoms with Crippen molar-refractivity contribution in [2.75, 3.05) is 6.61 Å². The van der Waals surface area contributed by atoms with Gasteiger partial charge in [0.1, 0.15) is 12.4 Å². The number of nitro benzene ring substituents is 1. The lowest BCUT2D eigenvalue weighted by atomic mass is 10.3. The van der Waals surface area contributed by atoms with Gasteiger partial charge in [-0.25, -0.2) is 4.79 Å². The van der Waals surface area contributed by atoms with E-state index in [1.165, 1.54) is 24.3 Å². The van der Waals surface area contributed by atoms with E-state index < -0.39 is 11.1 Å². The van der Waals surface area contributed by atoms with E-state index in [4.69, 9.17) is 16.3 Å². The van der Waals surface area contributed by atoms with Crippen LogP contribution in [0.4, 0.5) is 10.5 Å². The number of rotatable bonds is 4. The molecule has 0 fully saturated rings. The standard InChI is InChI=1S/C10H10ClNO5/c1-7(11)6-16-10(13)17-9-4-2-8(3-5-9)12(14)15/h2-5,7H,6H2,1H3. The third-order valence-corrected chi connectivity index (χ3v) is 1.81. The Kier molecular flexibility index (Phi) is 4.71. The molecule has 1 aromatic rings. The lowest BCUT2D eigenvalue weighted by Crippen LogP contribution is -2.15. The van der Waals surface area contributed by atoms with Crippen LogP contribution in [0, 0.1) is 10.1 Å². The van der Waals surface area contributed by atoms with Gasteiger partial charge in [-0.3, -0.25) is 10.1 Å². The fourth-order valence-electron chi connectivity index (χ4n) is 0.944. The summed E-state index contributed by atoms with van der Waals surface area (Å²) in [7, 11) is 0. The van der Waals surface area contributed by atoms with Crippen LogP contribution in [0.15, 0.2) is 24.3 Å². The average molecular weight is 260 g/mol. The Balaban J connectivity index is 2.51. The predicted molar refractivity (Wildman–Crippen MR) is 60.4 cm³/mol. The summed E-state index contributed by atoms with van der Waals surface area (Å²) in [5.74, 6) is 0.169. The second kappa shape index (κ2) is 6.05. The molecule has 0 radical (unpaired) electrons. The first-order chi connectivity index (χ1) is 7.99. The van der Waals surface area contributed by atoms with Crippen molar-refractivity contribution in [3.63, 3.8) is 0 Å². The summed E-state index contributed by atoms with van der Waals surface area (Å²) in [6.45, 7) is 1.70. The molecule has 0 N–H and O–H groups in total. The number of ether oxygens (including phenoxy) is 2. The molecule has 92 valence electrons. The smallest absolute Gasteiger partial charge is 0.432 e. The molecular formula is C10H10ClNO5. The van der Waals surface area contributed by atoms with Gasteiger partial charge in [0.05, 0.1) is 10.3 Å². The van der Waals surface area contributed by atoms with E-state index in [1.54, 1.807) is 6.92 Å². The Labute approximate surface area is 102 Å². The first-order valence-corrected chi connectivity index (χ1v) is 5.16. The number of hydrogen-bond donors (Lipinski definition) is 0. The molecule has 0 aliphatic rings. The van der Waals surface area contributed by atoms with Gasteiger partial charge in [0, 0.05) is 12.1 Å². The van der Waals surface area contributed by atoms with Gasteiger partial charge >= 0.3 is 6.16 Å². The lowest BCUT2D eigenvalue weighted by Gasteiger charge is -2.06. The lowest BCUT2D eigenvalue weighted by molar-refractivity contribution is -0.384. The van der Waals surface area contributed by atoms with E-state index in [9.17, 15) is 14.9 Å². The summed E-state index contributed by atoms with van der Waals surface area (Å²) in [5, 5.41) is 10.1. The van der Waals surface area contributed by atoms with E-state index in [-0.39, 0.29) is 23.4 Å². The zero-order chi connectivity index (χ0) is 12.8. The van der Waals surface area contributed by atoms with Crippen LogP contribution in [-0.4, -0.2) is 23.1 Å². The van der Waals surface area contributed by atoms with E-state index >= 15 is 0 Å². The maximum absolute atomic E-state index is 11.1. The predicted octanol–water partition coefficient (Wildman–Crippen LogP) is 2.74. The van der Waals surface area contributed by atoms with Crippen molar-refractivity contribution >= 4 is 23.4 Å². The van der Waals surface area contributed by atoms with Crippen molar-refractivity contribution in [1.82, 2.24) is 0 Å². The Morgan fingerprint density at radius 2 is 2.06 bits per heavy atom. The van der Waals surface area contributed by atoms with Crippen molar-refractivity contribution in [3.8, 4) is 5.75 Å². The summed E-state index contributed by atoms with van der Waals surface area (Å²) >= 11 is 5.57. The van der Waals surface area contributed by atoms with Crippen LogP contribution >= 0.6 is 11.6 Å². The zero-order valence-corrected chi connectivity index (χ0v) is 9.72. The monoisotopic (exact) mass is 259 g/mol. The molecule has 1 aromatic carbocycles. The number of carbonyl (C=O) groups is 1. The Bertz CT molecular complexity index is 404. The molecule has 1 unspecified atom stereocenters. The van der Waals surface area contributed by atoms with Gasteiger partial charge in [-0.15, -0.1) is 11.6 Å². The van der Waals surface area contributed by atoms with Gasteiger partial charge in [0.15, 0.2) is 0 Å². The number of nitro groups is 1. The third kappa shape index (κ3) is 4.69. The van der Waals surface area contributed by atoms with Crippen molar-refractivity contribution in [2.45, 2.75) is 12.3 Å². The van der Waals surface area contributed by atoms with Crippen LogP contribution in [0.5, 0.6) is 5.75 Å². The van der Waals surface area contributed by atoms with Gasteiger partial charge < -0.3 is 9.47 Å². The molecule has 0 saturated carbocycles. The Morgan fingerprint density at radius 1 is 1.47 bits per heavy atom. The van der Waals surface area contributed by atoms with Crippen molar-refractivity contribution in [2.24, 2.45) is 0 Å². The SMILES string of the molecule is CC(Cl)COC(=O)Oc1ccc([N+](=O)[O-])cc1. The molecule has 0 aromatic heterocycles. The summed E-state index contributed by atoms with van der Waals surface area (Å²) in [5.41, 5.74) is -0.0832. The molecule has 17 heavy (non-hydrogen) atoms. The van der Waals surface area contributed by atoms with Gasteiger partial charge in [-0.1, -0.05) is 0 Å². The van der Waals surface area contributed by atoms with E-state index in [0.29, 0.717) is 0 Å². The summed E-state index contributed by atoms with van der Waals surface area (Å²) < 4.78 is 9.42. The van der Waals surface area contributed by atoms with Crippen LogP contribution in [0.1, 0.15) is 6.92 Å². The minimum absolute atomic E-state index is 0.0351. The molecule has 0 aliphatic carbocycles. The minimum atomic E-state index is -0.897. The highest BCUT2D eigenvalue weighted by Gasteiger charge is 2.09. The number of alkyl halides is 1. The molecule has 7 heteroatoms. The highest BCUT2D eigenvalue weighted by molar-refractivity contribution is 6.20. The molecule has 0 bridgehead atoms. The van der Waals surface area contributed by atoms with Gasteiger partial charge in [-0.05, 0) is 19.1 Å². The largest absolute Gasteiger partial charge is 0.513 e. The fourth-order valence-corrected chi connectivity index (χ4v) is 1.01. The Hall–Kier alpha value is -1.82. The quantitative estimate of drug-likeness (QED) is 0.273. The van der Waals surface area contributed by atoms with Crippen LogP contribution in [0.2, 0.25) is 0 Å². The maximum atomic E-state index is 11.1. The van der Waals surface area contributed by atoms with Crippen LogP contribution < -0.4 is 4.74 Å². The fraction of sp³-hybridized carbons (Fsp3) is 0.300.